The van der Waals surface area contributed by atoms with Crippen LogP contribution in [0, 0.1) is 0 Å². The summed E-state index contributed by atoms with van der Waals surface area (Å²) in [6, 6.07) is 7.39. The lowest BCUT2D eigenvalue weighted by molar-refractivity contribution is 0.0687. The van der Waals surface area contributed by atoms with Gasteiger partial charge < -0.3 is 10.4 Å². The van der Waals surface area contributed by atoms with Crippen molar-refractivity contribution in [2.24, 2.45) is 0 Å². The summed E-state index contributed by atoms with van der Waals surface area (Å²) in [6.45, 7) is 0. The van der Waals surface area contributed by atoms with Crippen LogP contribution in [0.15, 0.2) is 44.4 Å². The molecule has 5 rings (SSSR count). The Hall–Kier alpha value is -4.48. The van der Waals surface area contributed by atoms with Crippen LogP contribution in [0.5, 0.6) is 0 Å². The first-order chi connectivity index (χ1) is 14.9. The number of aromatic nitrogens is 5. The highest BCUT2D eigenvalue weighted by atomic mass is 16.5. The number of fused-ring (bicyclic) bond motifs is 2. The number of carboxylic acid groups (broad SMARTS) is 1. The third-order valence-corrected chi connectivity index (χ3v) is 5.15. The number of H-pyrrole nitrogens is 2. The monoisotopic (exact) mass is 422 g/mol. The molecule has 0 unspecified atom stereocenters. The van der Waals surface area contributed by atoms with Crippen LogP contribution in [0.4, 0.5) is 0 Å². The van der Waals surface area contributed by atoms with Gasteiger partial charge in [-0.25, -0.2) is 19.1 Å². The Morgan fingerprint density at radius 3 is 2.81 bits per heavy atom. The second-order valence-electron chi connectivity index (χ2n) is 7.07. The van der Waals surface area contributed by atoms with Crippen molar-refractivity contribution in [1.82, 2.24) is 30.1 Å². The average molecular weight is 422 g/mol. The van der Waals surface area contributed by atoms with E-state index in [1.807, 2.05) is 12.1 Å². The molecule has 4 aromatic rings. The number of carboxylic acids is 1. The van der Waals surface area contributed by atoms with E-state index in [0.717, 1.165) is 27.8 Å². The Morgan fingerprint density at radius 2 is 2.06 bits per heavy atom. The van der Waals surface area contributed by atoms with E-state index in [1.54, 1.807) is 6.07 Å². The van der Waals surface area contributed by atoms with Crippen LogP contribution in [0.3, 0.4) is 0 Å². The van der Waals surface area contributed by atoms with Crippen LogP contribution in [0.25, 0.3) is 17.0 Å². The van der Waals surface area contributed by atoms with Gasteiger partial charge in [0, 0.05) is 17.7 Å². The fourth-order valence-corrected chi connectivity index (χ4v) is 3.77. The van der Waals surface area contributed by atoms with Gasteiger partial charge in [0.2, 0.25) is 0 Å². The van der Waals surface area contributed by atoms with Gasteiger partial charge in [-0.2, -0.15) is 0 Å². The number of nitrogens with one attached hydrogen (secondary N) is 3. The zero-order valence-corrected chi connectivity index (χ0v) is 15.7. The molecular formula is C19H14N6O6. The molecule has 156 valence electrons. The summed E-state index contributed by atoms with van der Waals surface area (Å²) in [6.07, 6.45) is 1.33. The number of hydrogen-bond donors (Lipinski definition) is 4. The molecule has 0 bridgehead atoms. The SMILES string of the molecule is O=C(N[C@H]1CCc2cc(-c3noc(=O)[nH]3)ccc21)c1cc(C(=O)O)n2[nH]c(=O)cc2n1. The second kappa shape index (κ2) is 6.79. The number of carbonyl (C=O) groups is 2. The molecule has 1 aromatic carbocycles. The van der Waals surface area contributed by atoms with Crippen molar-refractivity contribution in [3.8, 4) is 11.4 Å². The number of aromatic amines is 2. The fraction of sp³-hybridized carbons (Fsp3) is 0.158. The lowest BCUT2D eigenvalue weighted by Gasteiger charge is -2.14. The molecule has 31 heavy (non-hydrogen) atoms. The van der Waals surface area contributed by atoms with Crippen molar-refractivity contribution >= 4 is 17.5 Å². The average Bonchev–Trinajstić information content (AvgIpc) is 3.44. The van der Waals surface area contributed by atoms with Gasteiger partial charge in [0.05, 0.1) is 6.04 Å². The van der Waals surface area contributed by atoms with Crippen molar-refractivity contribution in [3.05, 3.63) is 73.8 Å². The Balaban J connectivity index is 1.43. The van der Waals surface area contributed by atoms with E-state index in [2.05, 4.69) is 30.1 Å². The smallest absolute Gasteiger partial charge is 0.439 e. The maximum atomic E-state index is 12.8. The summed E-state index contributed by atoms with van der Waals surface area (Å²) in [5.74, 6) is -2.18. The molecule has 1 atom stereocenters. The minimum atomic E-state index is -1.31. The van der Waals surface area contributed by atoms with Crippen molar-refractivity contribution in [2.75, 3.05) is 0 Å². The zero-order valence-electron chi connectivity index (χ0n) is 15.7. The van der Waals surface area contributed by atoms with E-state index in [9.17, 15) is 24.3 Å². The summed E-state index contributed by atoms with van der Waals surface area (Å²) in [4.78, 5) is 53.6. The molecule has 0 saturated heterocycles. The molecule has 4 N–H and O–H groups in total. The predicted octanol–water partition coefficient (Wildman–Crippen LogP) is 0.481. The number of nitrogens with zero attached hydrogens (tertiary/aromatic N) is 3. The van der Waals surface area contributed by atoms with Gasteiger partial charge in [-0.1, -0.05) is 17.3 Å². The lowest BCUT2D eigenvalue weighted by Crippen LogP contribution is -2.28. The van der Waals surface area contributed by atoms with Crippen LogP contribution in [0.2, 0.25) is 0 Å². The molecular weight excluding hydrogens is 408 g/mol. The van der Waals surface area contributed by atoms with Crippen LogP contribution in [-0.4, -0.2) is 41.7 Å². The second-order valence-corrected chi connectivity index (χ2v) is 7.07. The molecule has 1 aliphatic carbocycles. The third-order valence-electron chi connectivity index (χ3n) is 5.15. The van der Waals surface area contributed by atoms with Crippen molar-refractivity contribution < 1.29 is 19.2 Å². The molecule has 12 heteroatoms. The highest BCUT2D eigenvalue weighted by molar-refractivity contribution is 5.96. The normalized spacial score (nSPS) is 15.2. The highest BCUT2D eigenvalue weighted by Crippen LogP contribution is 2.33. The van der Waals surface area contributed by atoms with Crippen molar-refractivity contribution in [1.29, 1.82) is 0 Å². The number of benzene rings is 1. The van der Waals surface area contributed by atoms with Gasteiger partial charge in [0.1, 0.15) is 5.69 Å². The molecule has 3 aromatic heterocycles. The number of hydrogen-bond acceptors (Lipinski definition) is 7. The number of rotatable bonds is 4. The molecule has 0 spiro atoms. The Morgan fingerprint density at radius 1 is 1.23 bits per heavy atom. The molecule has 0 fully saturated rings. The summed E-state index contributed by atoms with van der Waals surface area (Å²) in [7, 11) is 0. The first-order valence-electron chi connectivity index (χ1n) is 9.25. The molecule has 0 saturated carbocycles. The molecule has 0 aliphatic heterocycles. The molecule has 3 heterocycles. The van der Waals surface area contributed by atoms with Crippen molar-refractivity contribution in [3.63, 3.8) is 0 Å². The first kappa shape index (κ1) is 18.5. The van der Waals surface area contributed by atoms with E-state index in [1.165, 1.54) is 0 Å². The molecule has 12 nitrogen and oxygen atoms in total. The van der Waals surface area contributed by atoms with Gasteiger partial charge in [-0.05, 0) is 30.0 Å². The van der Waals surface area contributed by atoms with E-state index >= 15 is 0 Å². The maximum absolute atomic E-state index is 12.8. The number of aromatic carboxylic acids is 1. The zero-order chi connectivity index (χ0) is 21.7. The van der Waals surface area contributed by atoms with E-state index in [-0.39, 0.29) is 23.1 Å². The summed E-state index contributed by atoms with van der Waals surface area (Å²) in [5, 5.41) is 18.3. The van der Waals surface area contributed by atoms with Crippen LogP contribution < -0.4 is 16.6 Å². The summed E-state index contributed by atoms with van der Waals surface area (Å²) in [5.41, 5.74) is 1.69. The van der Waals surface area contributed by atoms with Crippen LogP contribution >= 0.6 is 0 Å². The summed E-state index contributed by atoms with van der Waals surface area (Å²) >= 11 is 0. The van der Waals surface area contributed by atoms with E-state index < -0.39 is 23.2 Å². The predicted molar refractivity (Wildman–Crippen MR) is 104 cm³/mol. The minimum absolute atomic E-state index is 0.0353. The number of aryl methyl sites for hydroxylation is 1. The molecule has 1 amide bonds. The Bertz CT molecular complexity index is 1480. The van der Waals surface area contributed by atoms with E-state index in [0.29, 0.717) is 24.2 Å². The van der Waals surface area contributed by atoms with Gasteiger partial charge in [-0.15, -0.1) is 0 Å². The third kappa shape index (κ3) is 3.19. The maximum Gasteiger partial charge on any atom is 0.439 e. The number of carbonyl (C=O) groups excluding carboxylic acids is 1. The fourth-order valence-electron chi connectivity index (χ4n) is 3.77. The van der Waals surface area contributed by atoms with Crippen LogP contribution in [-0.2, 0) is 6.42 Å². The Kier molecular flexibility index (Phi) is 4.06. The topological polar surface area (TPSA) is 175 Å². The van der Waals surface area contributed by atoms with Gasteiger partial charge in [0.25, 0.3) is 11.5 Å². The standard InChI is InChI=1S/C19H14N6O6/c26-15-7-14-20-12(6-13(18(28)29)25(14)23-15)17(27)21-11-4-2-8-5-9(1-3-10(8)11)16-22-19(30)31-24-16/h1,3,5-7,11H,2,4H2,(H,21,27)(H,23,26)(H,28,29)(H,22,24,30)/t11-/m0/s1. The van der Waals surface area contributed by atoms with Gasteiger partial charge >= 0.3 is 11.7 Å². The molecule has 1 aliphatic rings. The van der Waals surface area contributed by atoms with E-state index in [4.69, 9.17) is 0 Å². The van der Waals surface area contributed by atoms with Gasteiger partial charge in [-0.3, -0.25) is 24.2 Å². The number of amides is 1. The van der Waals surface area contributed by atoms with Gasteiger partial charge in [0.15, 0.2) is 17.2 Å². The largest absolute Gasteiger partial charge is 0.477 e. The quantitative estimate of drug-likeness (QED) is 0.367. The lowest BCUT2D eigenvalue weighted by atomic mass is 10.0. The van der Waals surface area contributed by atoms with Crippen LogP contribution in [0.1, 0.15) is 44.6 Å². The minimum Gasteiger partial charge on any atom is -0.477 e. The Labute approximate surface area is 171 Å². The first-order valence-corrected chi connectivity index (χ1v) is 9.25. The highest BCUT2D eigenvalue weighted by Gasteiger charge is 2.26. The molecule has 0 radical (unpaired) electrons. The summed E-state index contributed by atoms with van der Waals surface area (Å²) < 4.78 is 5.55. The van der Waals surface area contributed by atoms with Crippen molar-refractivity contribution in [2.45, 2.75) is 18.9 Å².